The molecule has 0 aliphatic carbocycles. The van der Waals surface area contributed by atoms with Crippen molar-refractivity contribution in [1.29, 1.82) is 0 Å². The number of methoxy groups -OCH3 is 1. The maximum atomic E-state index is 12.0. The summed E-state index contributed by atoms with van der Waals surface area (Å²) in [5.74, 6) is 0. The molecule has 2 atom stereocenters. The minimum Gasteiger partial charge on any atom is -0.445 e. The lowest BCUT2D eigenvalue weighted by atomic mass is 10.2. The number of hydrogen-bond donors (Lipinski definition) is 0. The molecule has 1 saturated heterocycles. The van der Waals surface area contributed by atoms with Crippen molar-refractivity contribution in [2.45, 2.75) is 18.8 Å². The molecule has 0 aromatic heterocycles. The van der Waals surface area contributed by atoms with Crippen LogP contribution in [0.2, 0.25) is 0 Å². The van der Waals surface area contributed by atoms with E-state index < -0.39 is 28.4 Å². The highest BCUT2D eigenvalue weighted by Crippen LogP contribution is 2.19. The van der Waals surface area contributed by atoms with Crippen molar-refractivity contribution in [3.8, 4) is 0 Å². The van der Waals surface area contributed by atoms with Crippen LogP contribution < -0.4 is 0 Å². The highest BCUT2D eigenvalue weighted by Gasteiger charge is 2.39. The lowest BCUT2D eigenvalue weighted by Crippen LogP contribution is -2.31. The molecule has 1 heterocycles. The number of benzene rings is 1. The molecule has 7 nitrogen and oxygen atoms in total. The molecule has 8 heteroatoms. The van der Waals surface area contributed by atoms with E-state index in [-0.39, 0.29) is 19.7 Å². The summed E-state index contributed by atoms with van der Waals surface area (Å²) in [7, 11) is -2.17. The number of carbonyl (C=O) groups is 1. The number of ether oxygens (including phenoxy) is 2. The standard InChI is InChI=1S/C14H19NO6S/c1-19-12-8-15(9-13(12)21-22(2,17)18)14(16)20-10-11-6-4-3-5-7-11/h3-7,12-13H,8-10H2,1-2H3/t12-,13-/m1/s1. The third-order valence-electron chi connectivity index (χ3n) is 3.28. The fraction of sp³-hybridized carbons (Fsp3) is 0.500. The van der Waals surface area contributed by atoms with Crippen LogP contribution in [0.3, 0.4) is 0 Å². The van der Waals surface area contributed by atoms with Gasteiger partial charge in [0, 0.05) is 7.11 Å². The van der Waals surface area contributed by atoms with Gasteiger partial charge in [-0.25, -0.2) is 4.79 Å². The number of amides is 1. The number of hydrogen-bond acceptors (Lipinski definition) is 6. The Morgan fingerprint density at radius 3 is 2.45 bits per heavy atom. The summed E-state index contributed by atoms with van der Waals surface area (Å²) in [6.45, 7) is 0.495. The molecule has 1 aromatic carbocycles. The van der Waals surface area contributed by atoms with E-state index >= 15 is 0 Å². The van der Waals surface area contributed by atoms with Crippen molar-refractivity contribution in [2.24, 2.45) is 0 Å². The Balaban J connectivity index is 1.91. The van der Waals surface area contributed by atoms with Crippen molar-refractivity contribution in [2.75, 3.05) is 26.5 Å². The molecule has 1 aliphatic heterocycles. The van der Waals surface area contributed by atoms with E-state index in [0.29, 0.717) is 0 Å². The van der Waals surface area contributed by atoms with Gasteiger partial charge in [-0.15, -0.1) is 0 Å². The lowest BCUT2D eigenvalue weighted by molar-refractivity contribution is 0.0372. The van der Waals surface area contributed by atoms with Gasteiger partial charge in [-0.2, -0.15) is 8.42 Å². The van der Waals surface area contributed by atoms with Crippen LogP contribution in [0.15, 0.2) is 30.3 Å². The van der Waals surface area contributed by atoms with Gasteiger partial charge in [-0.05, 0) is 5.56 Å². The van der Waals surface area contributed by atoms with Gasteiger partial charge in [0.05, 0.1) is 19.3 Å². The highest BCUT2D eigenvalue weighted by molar-refractivity contribution is 7.86. The predicted octanol–water partition coefficient (Wildman–Crippen LogP) is 0.999. The molecule has 0 spiro atoms. The van der Waals surface area contributed by atoms with Gasteiger partial charge in [-0.1, -0.05) is 30.3 Å². The number of rotatable bonds is 5. The second kappa shape index (κ2) is 7.08. The van der Waals surface area contributed by atoms with Crippen molar-refractivity contribution in [3.63, 3.8) is 0 Å². The third-order valence-corrected chi connectivity index (χ3v) is 3.88. The van der Waals surface area contributed by atoms with E-state index in [0.717, 1.165) is 11.8 Å². The third kappa shape index (κ3) is 4.69. The van der Waals surface area contributed by atoms with E-state index in [1.54, 1.807) is 0 Å². The predicted molar refractivity (Wildman–Crippen MR) is 78.7 cm³/mol. The Kier molecular flexibility index (Phi) is 5.38. The Labute approximate surface area is 129 Å². The molecule has 0 saturated carbocycles. The summed E-state index contributed by atoms with van der Waals surface area (Å²) in [5.41, 5.74) is 0.877. The Morgan fingerprint density at radius 1 is 1.23 bits per heavy atom. The molecule has 1 fully saturated rings. The van der Waals surface area contributed by atoms with Gasteiger partial charge in [0.2, 0.25) is 0 Å². The monoisotopic (exact) mass is 329 g/mol. The smallest absolute Gasteiger partial charge is 0.410 e. The topological polar surface area (TPSA) is 82.1 Å². The van der Waals surface area contributed by atoms with Crippen LogP contribution in [0.1, 0.15) is 5.56 Å². The fourth-order valence-electron chi connectivity index (χ4n) is 2.25. The van der Waals surface area contributed by atoms with Gasteiger partial charge < -0.3 is 14.4 Å². The second-order valence-corrected chi connectivity index (χ2v) is 6.66. The molecule has 1 aromatic rings. The minimum absolute atomic E-state index is 0.110. The molecule has 0 N–H and O–H groups in total. The van der Waals surface area contributed by atoms with E-state index in [4.69, 9.17) is 13.7 Å². The zero-order valence-corrected chi connectivity index (χ0v) is 13.3. The number of nitrogens with zero attached hydrogens (tertiary/aromatic N) is 1. The normalized spacial score (nSPS) is 21.8. The van der Waals surface area contributed by atoms with Crippen LogP contribution in [0.4, 0.5) is 4.79 Å². The zero-order chi connectivity index (χ0) is 16.2. The summed E-state index contributed by atoms with van der Waals surface area (Å²) in [4.78, 5) is 13.4. The van der Waals surface area contributed by atoms with Gasteiger partial charge >= 0.3 is 6.09 Å². The Hall–Kier alpha value is -1.64. The quantitative estimate of drug-likeness (QED) is 0.750. The molecule has 0 bridgehead atoms. The van der Waals surface area contributed by atoms with Crippen molar-refractivity contribution < 1.29 is 26.9 Å². The largest absolute Gasteiger partial charge is 0.445 e. The summed E-state index contributed by atoms with van der Waals surface area (Å²) in [6.07, 6.45) is -0.774. The number of carbonyl (C=O) groups excluding carboxylic acids is 1. The zero-order valence-electron chi connectivity index (χ0n) is 12.5. The summed E-state index contributed by atoms with van der Waals surface area (Å²) in [6, 6.07) is 9.30. The number of likely N-dealkylation sites (tertiary alicyclic amines) is 1. The molecular formula is C14H19NO6S. The van der Waals surface area contributed by atoms with E-state index in [9.17, 15) is 13.2 Å². The summed E-state index contributed by atoms with van der Waals surface area (Å²) in [5, 5.41) is 0. The second-order valence-electron chi connectivity index (χ2n) is 5.06. The first-order valence-electron chi connectivity index (χ1n) is 6.75. The van der Waals surface area contributed by atoms with E-state index in [2.05, 4.69) is 0 Å². The van der Waals surface area contributed by atoms with Gasteiger partial charge in [-0.3, -0.25) is 4.18 Å². The van der Waals surface area contributed by atoms with Crippen LogP contribution in [-0.4, -0.2) is 58.1 Å². The Bertz CT molecular complexity index is 603. The molecule has 1 aliphatic rings. The molecule has 0 radical (unpaired) electrons. The van der Waals surface area contributed by atoms with Crippen LogP contribution in [0.5, 0.6) is 0 Å². The minimum atomic E-state index is -3.61. The molecule has 0 unspecified atom stereocenters. The van der Waals surface area contributed by atoms with Crippen LogP contribution in [-0.2, 0) is 30.4 Å². The van der Waals surface area contributed by atoms with Crippen LogP contribution >= 0.6 is 0 Å². The molecule has 122 valence electrons. The Morgan fingerprint density at radius 2 is 1.86 bits per heavy atom. The molecule has 2 rings (SSSR count). The molecule has 22 heavy (non-hydrogen) atoms. The first-order chi connectivity index (χ1) is 10.4. The fourth-order valence-corrected chi connectivity index (χ4v) is 2.88. The van der Waals surface area contributed by atoms with Crippen LogP contribution in [0.25, 0.3) is 0 Å². The summed E-state index contributed by atoms with van der Waals surface area (Å²) >= 11 is 0. The van der Waals surface area contributed by atoms with Crippen molar-refractivity contribution in [1.82, 2.24) is 4.90 Å². The maximum Gasteiger partial charge on any atom is 0.410 e. The molecule has 1 amide bonds. The van der Waals surface area contributed by atoms with E-state index in [1.165, 1.54) is 12.0 Å². The summed E-state index contributed by atoms with van der Waals surface area (Å²) < 4.78 is 37.8. The van der Waals surface area contributed by atoms with Crippen molar-refractivity contribution in [3.05, 3.63) is 35.9 Å². The first kappa shape index (κ1) is 16.7. The van der Waals surface area contributed by atoms with Gasteiger partial charge in [0.1, 0.15) is 18.8 Å². The average Bonchev–Trinajstić information content (AvgIpc) is 2.86. The first-order valence-corrected chi connectivity index (χ1v) is 8.57. The SMILES string of the molecule is CO[C@@H]1CN(C(=O)OCc2ccccc2)C[C@H]1OS(C)(=O)=O. The average molecular weight is 329 g/mol. The van der Waals surface area contributed by atoms with Crippen LogP contribution in [0, 0.1) is 0 Å². The lowest BCUT2D eigenvalue weighted by Gasteiger charge is -2.15. The van der Waals surface area contributed by atoms with Gasteiger partial charge in [0.15, 0.2) is 0 Å². The maximum absolute atomic E-state index is 12.0. The van der Waals surface area contributed by atoms with E-state index in [1.807, 2.05) is 30.3 Å². The van der Waals surface area contributed by atoms with Crippen molar-refractivity contribution >= 4 is 16.2 Å². The molecular weight excluding hydrogens is 310 g/mol. The van der Waals surface area contributed by atoms with Gasteiger partial charge in [0.25, 0.3) is 10.1 Å². The highest BCUT2D eigenvalue weighted by atomic mass is 32.2.